The summed E-state index contributed by atoms with van der Waals surface area (Å²) in [6.45, 7) is 3.94. The Morgan fingerprint density at radius 2 is 1.94 bits per heavy atom. The van der Waals surface area contributed by atoms with Gasteiger partial charge in [0.05, 0.1) is 6.04 Å². The average molecular weight is 235 g/mol. The molecular formula is C14H21NO2. The molecule has 1 fully saturated rings. The van der Waals surface area contributed by atoms with Crippen LogP contribution in [-0.4, -0.2) is 29.2 Å². The third-order valence-electron chi connectivity index (χ3n) is 4.16. The highest BCUT2D eigenvalue weighted by Crippen LogP contribution is 2.33. The van der Waals surface area contributed by atoms with Crippen LogP contribution in [0.15, 0.2) is 11.1 Å². The molecule has 0 aromatic heterocycles. The summed E-state index contributed by atoms with van der Waals surface area (Å²) in [5.41, 5.74) is 1.45. The fraction of sp³-hybridized carbons (Fsp3) is 0.714. The molecule has 0 N–H and O–H groups in total. The summed E-state index contributed by atoms with van der Waals surface area (Å²) in [5.74, 6) is 0.106. The molecule has 1 saturated carbocycles. The molecule has 1 aliphatic carbocycles. The Morgan fingerprint density at radius 3 is 2.41 bits per heavy atom. The fourth-order valence-corrected chi connectivity index (χ4v) is 3.22. The highest BCUT2D eigenvalue weighted by Gasteiger charge is 2.39. The van der Waals surface area contributed by atoms with Crippen molar-refractivity contribution in [3.63, 3.8) is 0 Å². The first-order valence-corrected chi connectivity index (χ1v) is 6.71. The van der Waals surface area contributed by atoms with Crippen LogP contribution >= 0.6 is 0 Å². The Morgan fingerprint density at radius 1 is 1.29 bits per heavy atom. The van der Waals surface area contributed by atoms with Crippen molar-refractivity contribution in [1.82, 2.24) is 4.90 Å². The highest BCUT2D eigenvalue weighted by atomic mass is 16.2. The number of rotatable bonds is 3. The molecule has 1 aliphatic heterocycles. The van der Waals surface area contributed by atoms with Gasteiger partial charge in [-0.2, -0.15) is 0 Å². The Bertz CT molecular complexity index is 353. The van der Waals surface area contributed by atoms with Crippen LogP contribution in [0.3, 0.4) is 0 Å². The van der Waals surface area contributed by atoms with E-state index in [1.54, 1.807) is 0 Å². The van der Waals surface area contributed by atoms with Gasteiger partial charge in [-0.15, -0.1) is 0 Å². The lowest BCUT2D eigenvalue weighted by Crippen LogP contribution is -2.43. The molecule has 1 amide bonds. The molecule has 1 unspecified atom stereocenters. The van der Waals surface area contributed by atoms with Gasteiger partial charge in [0.1, 0.15) is 6.29 Å². The molecule has 0 saturated heterocycles. The summed E-state index contributed by atoms with van der Waals surface area (Å²) in [7, 11) is 0. The second kappa shape index (κ2) is 5.03. The number of carbonyl (C=O) groups excluding carboxylic acids is 2. The fourth-order valence-electron chi connectivity index (χ4n) is 3.22. The first kappa shape index (κ1) is 12.3. The molecular weight excluding hydrogens is 214 g/mol. The van der Waals surface area contributed by atoms with Crippen molar-refractivity contribution >= 4 is 12.2 Å². The molecule has 0 aromatic carbocycles. The molecule has 1 heterocycles. The summed E-state index contributed by atoms with van der Waals surface area (Å²) in [6.07, 6.45) is 7.43. The van der Waals surface area contributed by atoms with Gasteiger partial charge in [0, 0.05) is 17.2 Å². The monoisotopic (exact) mass is 235 g/mol. The van der Waals surface area contributed by atoms with Gasteiger partial charge in [-0.1, -0.05) is 26.2 Å². The van der Waals surface area contributed by atoms with E-state index in [1.165, 1.54) is 19.3 Å². The average Bonchev–Trinajstić information content (AvgIpc) is 2.60. The van der Waals surface area contributed by atoms with Gasteiger partial charge in [-0.3, -0.25) is 9.59 Å². The summed E-state index contributed by atoms with van der Waals surface area (Å²) >= 11 is 0. The number of aldehydes is 1. The van der Waals surface area contributed by atoms with Gasteiger partial charge in [0.2, 0.25) is 0 Å². The first-order valence-electron chi connectivity index (χ1n) is 6.71. The van der Waals surface area contributed by atoms with E-state index in [-0.39, 0.29) is 11.9 Å². The lowest BCUT2D eigenvalue weighted by molar-refractivity contribution is -0.129. The van der Waals surface area contributed by atoms with E-state index in [4.69, 9.17) is 0 Å². The van der Waals surface area contributed by atoms with Crippen molar-refractivity contribution in [1.29, 1.82) is 0 Å². The second-order valence-electron chi connectivity index (χ2n) is 5.09. The molecule has 17 heavy (non-hydrogen) atoms. The van der Waals surface area contributed by atoms with Crippen molar-refractivity contribution in [2.75, 3.05) is 0 Å². The van der Waals surface area contributed by atoms with Crippen LogP contribution in [0.25, 0.3) is 0 Å². The van der Waals surface area contributed by atoms with E-state index < -0.39 is 0 Å². The van der Waals surface area contributed by atoms with Gasteiger partial charge < -0.3 is 4.90 Å². The summed E-state index contributed by atoms with van der Waals surface area (Å²) in [6, 6.07) is 0.336. The molecule has 0 bridgehead atoms. The largest absolute Gasteiger partial charge is 0.329 e. The zero-order valence-electron chi connectivity index (χ0n) is 10.7. The predicted molar refractivity (Wildman–Crippen MR) is 66.6 cm³/mol. The zero-order valence-corrected chi connectivity index (χ0v) is 10.7. The Balaban J connectivity index is 2.21. The SMILES string of the molecule is CCC1=C(C=O)C(C)N(C2CCCCC2)C1=O. The van der Waals surface area contributed by atoms with E-state index in [1.807, 2.05) is 18.7 Å². The van der Waals surface area contributed by atoms with Crippen LogP contribution in [0, 0.1) is 0 Å². The first-order chi connectivity index (χ1) is 8.20. The molecule has 3 nitrogen and oxygen atoms in total. The summed E-state index contributed by atoms with van der Waals surface area (Å²) in [5, 5.41) is 0. The lowest BCUT2D eigenvalue weighted by atomic mass is 9.93. The number of hydrogen-bond acceptors (Lipinski definition) is 2. The molecule has 2 aliphatic rings. The van der Waals surface area contributed by atoms with E-state index >= 15 is 0 Å². The second-order valence-corrected chi connectivity index (χ2v) is 5.09. The van der Waals surface area contributed by atoms with E-state index in [0.29, 0.717) is 18.0 Å². The maximum absolute atomic E-state index is 12.3. The predicted octanol–water partition coefficient (Wildman–Crippen LogP) is 2.46. The van der Waals surface area contributed by atoms with E-state index in [9.17, 15) is 9.59 Å². The minimum Gasteiger partial charge on any atom is -0.329 e. The smallest absolute Gasteiger partial charge is 0.250 e. The number of carbonyl (C=O) groups is 2. The van der Waals surface area contributed by atoms with Crippen LogP contribution < -0.4 is 0 Å². The van der Waals surface area contributed by atoms with Crippen molar-refractivity contribution < 1.29 is 9.59 Å². The molecule has 0 spiro atoms. The topological polar surface area (TPSA) is 37.4 Å². The number of amides is 1. The van der Waals surface area contributed by atoms with Crippen LogP contribution in [-0.2, 0) is 9.59 Å². The van der Waals surface area contributed by atoms with E-state index in [0.717, 1.165) is 24.7 Å². The highest BCUT2D eigenvalue weighted by molar-refractivity contribution is 6.03. The summed E-state index contributed by atoms with van der Waals surface area (Å²) < 4.78 is 0. The van der Waals surface area contributed by atoms with Crippen LogP contribution in [0.1, 0.15) is 52.4 Å². The van der Waals surface area contributed by atoms with Gasteiger partial charge in [-0.25, -0.2) is 0 Å². The number of hydrogen-bond donors (Lipinski definition) is 0. The van der Waals surface area contributed by atoms with Crippen molar-refractivity contribution in [2.45, 2.75) is 64.5 Å². The molecule has 0 aromatic rings. The lowest BCUT2D eigenvalue weighted by Gasteiger charge is -2.35. The third kappa shape index (κ3) is 2.03. The Labute approximate surface area is 103 Å². The zero-order chi connectivity index (χ0) is 12.4. The normalized spacial score (nSPS) is 26.8. The molecule has 3 heteroatoms. The maximum Gasteiger partial charge on any atom is 0.250 e. The standard InChI is InChI=1S/C14H21NO2/c1-3-12-13(9-16)10(2)15(14(12)17)11-7-5-4-6-8-11/h9-11H,3-8H2,1-2H3. The van der Waals surface area contributed by atoms with Crippen molar-refractivity contribution in [3.8, 4) is 0 Å². The minimum atomic E-state index is -0.0157. The maximum atomic E-state index is 12.3. The van der Waals surface area contributed by atoms with Gasteiger partial charge >= 0.3 is 0 Å². The van der Waals surface area contributed by atoms with E-state index in [2.05, 4.69) is 0 Å². The molecule has 1 atom stereocenters. The molecule has 0 radical (unpaired) electrons. The quantitative estimate of drug-likeness (QED) is 0.705. The summed E-state index contributed by atoms with van der Waals surface area (Å²) in [4.78, 5) is 25.4. The van der Waals surface area contributed by atoms with Crippen LogP contribution in [0.5, 0.6) is 0 Å². The number of nitrogens with zero attached hydrogens (tertiary/aromatic N) is 1. The van der Waals surface area contributed by atoms with Gasteiger partial charge in [0.15, 0.2) is 0 Å². The molecule has 94 valence electrons. The van der Waals surface area contributed by atoms with Gasteiger partial charge in [0.25, 0.3) is 5.91 Å². The van der Waals surface area contributed by atoms with Crippen LogP contribution in [0.4, 0.5) is 0 Å². The third-order valence-corrected chi connectivity index (χ3v) is 4.16. The van der Waals surface area contributed by atoms with Crippen molar-refractivity contribution in [2.24, 2.45) is 0 Å². The Kier molecular flexibility index (Phi) is 3.65. The Hall–Kier alpha value is -1.12. The van der Waals surface area contributed by atoms with Crippen molar-refractivity contribution in [3.05, 3.63) is 11.1 Å². The minimum absolute atomic E-state index is 0.0157. The molecule has 2 rings (SSSR count). The van der Waals surface area contributed by atoms with Crippen LogP contribution in [0.2, 0.25) is 0 Å². The van der Waals surface area contributed by atoms with Gasteiger partial charge in [-0.05, 0) is 26.2 Å².